The molecule has 206 valence electrons. The van der Waals surface area contributed by atoms with E-state index in [9.17, 15) is 9.59 Å². The largest absolute Gasteiger partial charge is 0.497 e. The Bertz CT molecular complexity index is 1250. The van der Waals surface area contributed by atoms with Gasteiger partial charge in [0.05, 0.1) is 18.6 Å². The molecule has 39 heavy (non-hydrogen) atoms. The van der Waals surface area contributed by atoms with Crippen LogP contribution in [-0.2, 0) is 16.1 Å². The first-order valence-electron chi connectivity index (χ1n) is 12.7. The predicted molar refractivity (Wildman–Crippen MR) is 153 cm³/mol. The van der Waals surface area contributed by atoms with Gasteiger partial charge in [0, 0.05) is 6.54 Å². The van der Waals surface area contributed by atoms with Crippen LogP contribution in [0.3, 0.4) is 0 Å². The van der Waals surface area contributed by atoms with Gasteiger partial charge in [-0.05, 0) is 84.7 Å². The number of hydrogen-bond acceptors (Lipinski definition) is 6. The van der Waals surface area contributed by atoms with Crippen LogP contribution in [0.4, 0.5) is 0 Å². The van der Waals surface area contributed by atoms with Crippen molar-refractivity contribution in [2.75, 3.05) is 13.7 Å². The highest BCUT2D eigenvalue weighted by molar-refractivity contribution is 5.90. The number of carbonyl (C=O) groups excluding carboxylic acids is 2. The smallest absolute Gasteiger partial charge is 0.338 e. The van der Waals surface area contributed by atoms with Crippen molar-refractivity contribution in [1.82, 2.24) is 0 Å². The second-order valence-corrected chi connectivity index (χ2v) is 9.43. The first kappa shape index (κ1) is 29.5. The Balaban J connectivity index is 0.00000420. The molecule has 3 aromatic rings. The molecule has 0 spiro atoms. The SMILES string of the molecule is COc1ccc(COC(=O)c2ccc(-c3ccc(OC(=O)C4CCC(CN=C(N)N)CC4)cc3)cc2)cc1.Cl. The Labute approximate surface area is 234 Å². The minimum Gasteiger partial charge on any atom is -0.497 e. The molecule has 4 N–H and O–H groups in total. The summed E-state index contributed by atoms with van der Waals surface area (Å²) >= 11 is 0. The highest BCUT2D eigenvalue weighted by Gasteiger charge is 2.27. The fraction of sp³-hybridized carbons (Fsp3) is 0.300. The third kappa shape index (κ3) is 8.48. The standard InChI is InChI=1S/C30H33N3O5.ClH/c1-36-26-14-4-21(5-15-26)19-37-28(34)24-10-8-22(9-11-24)23-12-16-27(17-13-23)38-29(35)25-6-2-20(3-7-25)18-33-30(31)32;/h4-5,8-17,20,25H,2-3,6-7,18-19H2,1H3,(H4,31,32,33);1H. The van der Waals surface area contributed by atoms with Gasteiger partial charge in [0.15, 0.2) is 5.96 Å². The van der Waals surface area contributed by atoms with Gasteiger partial charge in [0.1, 0.15) is 18.1 Å². The zero-order valence-electron chi connectivity index (χ0n) is 21.9. The van der Waals surface area contributed by atoms with Gasteiger partial charge in [-0.2, -0.15) is 0 Å². The Hall–Kier alpha value is -4.04. The van der Waals surface area contributed by atoms with E-state index in [1.165, 1.54) is 0 Å². The van der Waals surface area contributed by atoms with Gasteiger partial charge >= 0.3 is 11.9 Å². The summed E-state index contributed by atoms with van der Waals surface area (Å²) in [4.78, 5) is 29.1. The molecule has 0 aliphatic heterocycles. The number of esters is 2. The zero-order chi connectivity index (χ0) is 26.9. The second-order valence-electron chi connectivity index (χ2n) is 9.43. The number of ether oxygens (including phenoxy) is 3. The third-order valence-electron chi connectivity index (χ3n) is 6.77. The molecule has 0 heterocycles. The minimum atomic E-state index is -0.389. The van der Waals surface area contributed by atoms with Crippen LogP contribution in [0.15, 0.2) is 77.8 Å². The van der Waals surface area contributed by atoms with Crippen LogP contribution in [-0.4, -0.2) is 31.6 Å². The summed E-state index contributed by atoms with van der Waals surface area (Å²) in [5.41, 5.74) is 14.1. The number of hydrogen-bond donors (Lipinski definition) is 2. The van der Waals surface area contributed by atoms with Crippen LogP contribution < -0.4 is 20.9 Å². The molecule has 0 saturated heterocycles. The van der Waals surface area contributed by atoms with Crippen molar-refractivity contribution >= 4 is 30.3 Å². The summed E-state index contributed by atoms with van der Waals surface area (Å²) < 4.78 is 16.2. The number of nitrogens with two attached hydrogens (primary N) is 2. The molecule has 0 bridgehead atoms. The van der Waals surface area contributed by atoms with Crippen LogP contribution >= 0.6 is 12.4 Å². The number of halogens is 1. The van der Waals surface area contributed by atoms with Crippen molar-refractivity contribution in [2.45, 2.75) is 32.3 Å². The average Bonchev–Trinajstić information content (AvgIpc) is 2.96. The average molecular weight is 552 g/mol. The fourth-order valence-electron chi connectivity index (χ4n) is 4.48. The van der Waals surface area contributed by atoms with Crippen molar-refractivity contribution in [3.63, 3.8) is 0 Å². The van der Waals surface area contributed by atoms with Crippen LogP contribution in [0.1, 0.15) is 41.6 Å². The lowest BCUT2D eigenvalue weighted by molar-refractivity contribution is -0.140. The number of rotatable bonds is 9. The maximum Gasteiger partial charge on any atom is 0.338 e. The first-order valence-corrected chi connectivity index (χ1v) is 12.7. The van der Waals surface area contributed by atoms with Gasteiger partial charge < -0.3 is 25.7 Å². The quantitative estimate of drug-likeness (QED) is 0.163. The number of carbonyl (C=O) groups is 2. The highest BCUT2D eigenvalue weighted by atomic mass is 35.5. The number of methoxy groups -OCH3 is 1. The van der Waals surface area contributed by atoms with E-state index in [0.717, 1.165) is 48.1 Å². The number of nitrogens with zero attached hydrogens (tertiary/aromatic N) is 1. The lowest BCUT2D eigenvalue weighted by Gasteiger charge is -2.26. The van der Waals surface area contributed by atoms with Crippen LogP contribution in [0.2, 0.25) is 0 Å². The normalized spacial score (nSPS) is 16.3. The topological polar surface area (TPSA) is 126 Å². The molecule has 1 aliphatic carbocycles. The highest BCUT2D eigenvalue weighted by Crippen LogP contribution is 2.31. The van der Waals surface area contributed by atoms with Gasteiger partial charge in [-0.15, -0.1) is 12.4 Å². The van der Waals surface area contributed by atoms with E-state index in [-0.39, 0.29) is 42.8 Å². The molecule has 1 aliphatic rings. The van der Waals surface area contributed by atoms with E-state index >= 15 is 0 Å². The fourth-order valence-corrected chi connectivity index (χ4v) is 4.48. The first-order chi connectivity index (χ1) is 18.4. The molecule has 1 saturated carbocycles. The molecule has 0 aromatic heterocycles. The lowest BCUT2D eigenvalue weighted by atomic mass is 9.82. The Morgan fingerprint density at radius 2 is 1.38 bits per heavy atom. The monoisotopic (exact) mass is 551 g/mol. The molecule has 0 radical (unpaired) electrons. The molecule has 8 nitrogen and oxygen atoms in total. The summed E-state index contributed by atoms with van der Waals surface area (Å²) in [6.07, 6.45) is 3.36. The molecular formula is C30H34ClN3O5. The molecule has 3 aromatic carbocycles. The zero-order valence-corrected chi connectivity index (χ0v) is 22.7. The minimum absolute atomic E-state index is 0. The Kier molecular flexibility index (Phi) is 10.8. The molecule has 0 unspecified atom stereocenters. The third-order valence-corrected chi connectivity index (χ3v) is 6.77. The van der Waals surface area contributed by atoms with Crippen molar-refractivity contribution in [3.8, 4) is 22.6 Å². The van der Waals surface area contributed by atoms with Crippen LogP contribution in [0.25, 0.3) is 11.1 Å². The van der Waals surface area contributed by atoms with Crippen molar-refractivity contribution < 1.29 is 23.8 Å². The molecule has 0 amide bonds. The molecular weight excluding hydrogens is 518 g/mol. The Morgan fingerprint density at radius 3 is 1.95 bits per heavy atom. The van der Waals surface area contributed by atoms with E-state index in [2.05, 4.69) is 4.99 Å². The van der Waals surface area contributed by atoms with Crippen molar-refractivity contribution in [2.24, 2.45) is 28.3 Å². The van der Waals surface area contributed by atoms with Crippen molar-refractivity contribution in [1.29, 1.82) is 0 Å². The van der Waals surface area contributed by atoms with Crippen molar-refractivity contribution in [3.05, 3.63) is 83.9 Å². The van der Waals surface area contributed by atoms with E-state index in [0.29, 0.717) is 23.8 Å². The van der Waals surface area contributed by atoms with Crippen LogP contribution in [0, 0.1) is 11.8 Å². The second kappa shape index (κ2) is 14.2. The summed E-state index contributed by atoms with van der Waals surface area (Å²) in [6.45, 7) is 0.793. The molecule has 9 heteroatoms. The van der Waals surface area contributed by atoms with E-state index in [1.807, 2.05) is 48.5 Å². The molecule has 0 atom stereocenters. The van der Waals surface area contributed by atoms with Gasteiger partial charge in [-0.25, -0.2) is 4.79 Å². The van der Waals surface area contributed by atoms with E-state index in [4.69, 9.17) is 25.7 Å². The van der Waals surface area contributed by atoms with Gasteiger partial charge in [-0.3, -0.25) is 9.79 Å². The number of guanidine groups is 1. The van der Waals surface area contributed by atoms with Crippen LogP contribution in [0.5, 0.6) is 11.5 Å². The maximum atomic E-state index is 12.6. The van der Waals surface area contributed by atoms with Gasteiger partial charge in [-0.1, -0.05) is 36.4 Å². The van der Waals surface area contributed by atoms with E-state index in [1.54, 1.807) is 31.4 Å². The Morgan fingerprint density at radius 1 is 0.821 bits per heavy atom. The van der Waals surface area contributed by atoms with Gasteiger partial charge in [0.25, 0.3) is 0 Å². The molecule has 1 fully saturated rings. The molecule has 4 rings (SSSR count). The summed E-state index contributed by atoms with van der Waals surface area (Å²) in [5.74, 6) is 1.08. The number of aliphatic imine (C=N–C) groups is 1. The maximum absolute atomic E-state index is 12.6. The van der Waals surface area contributed by atoms with E-state index < -0.39 is 0 Å². The lowest BCUT2D eigenvalue weighted by Crippen LogP contribution is -2.28. The summed E-state index contributed by atoms with van der Waals surface area (Å²) in [7, 11) is 1.61. The van der Waals surface area contributed by atoms with Gasteiger partial charge in [0.2, 0.25) is 0 Å². The number of benzene rings is 3. The summed E-state index contributed by atoms with van der Waals surface area (Å²) in [5, 5.41) is 0. The summed E-state index contributed by atoms with van der Waals surface area (Å²) in [6, 6.07) is 21.9. The predicted octanol–water partition coefficient (Wildman–Crippen LogP) is 5.13.